The van der Waals surface area contributed by atoms with Crippen LogP contribution < -0.4 is 4.31 Å². The van der Waals surface area contributed by atoms with Crippen molar-refractivity contribution in [3.63, 3.8) is 0 Å². The van der Waals surface area contributed by atoms with Gasteiger partial charge < -0.3 is 4.90 Å². The van der Waals surface area contributed by atoms with Crippen molar-refractivity contribution in [1.29, 1.82) is 0 Å². The van der Waals surface area contributed by atoms with Crippen LogP contribution in [0.5, 0.6) is 0 Å². The summed E-state index contributed by atoms with van der Waals surface area (Å²) in [5.74, 6) is 0.444. The molecule has 156 valence electrons. The minimum Gasteiger partial charge on any atom is -0.338 e. The smallest absolute Gasteiger partial charge is 0.253 e. The van der Waals surface area contributed by atoms with Crippen molar-refractivity contribution in [3.8, 4) is 0 Å². The first-order valence-electron chi connectivity index (χ1n) is 10.3. The predicted octanol–water partition coefficient (Wildman–Crippen LogP) is 3.86. The van der Waals surface area contributed by atoms with Gasteiger partial charge in [0.05, 0.1) is 26.7 Å². The first kappa shape index (κ1) is 19.5. The highest BCUT2D eigenvalue weighted by molar-refractivity contribution is 7.93. The predicted molar refractivity (Wildman–Crippen MR) is 120 cm³/mol. The number of sulfonamides is 1. The van der Waals surface area contributed by atoms with E-state index in [9.17, 15) is 13.2 Å². The number of thiazole rings is 1. The van der Waals surface area contributed by atoms with Crippen LogP contribution in [-0.2, 0) is 10.0 Å². The summed E-state index contributed by atoms with van der Waals surface area (Å²) in [5, 5.41) is 1.10. The Balaban J connectivity index is 1.32. The second kappa shape index (κ2) is 7.67. The van der Waals surface area contributed by atoms with Crippen LogP contribution in [0.2, 0.25) is 0 Å². The van der Waals surface area contributed by atoms with Crippen molar-refractivity contribution in [2.45, 2.75) is 25.2 Å². The Hall–Kier alpha value is -2.45. The maximum Gasteiger partial charge on any atom is 0.253 e. The van der Waals surface area contributed by atoms with Gasteiger partial charge in [-0.3, -0.25) is 9.10 Å². The van der Waals surface area contributed by atoms with Crippen LogP contribution in [0.4, 0.5) is 5.69 Å². The highest BCUT2D eigenvalue weighted by Crippen LogP contribution is 2.33. The molecule has 0 saturated carbocycles. The number of carbonyl (C=O) groups excluding carboxylic acids is 1. The van der Waals surface area contributed by atoms with Gasteiger partial charge in [-0.15, -0.1) is 11.3 Å². The van der Waals surface area contributed by atoms with Gasteiger partial charge in [-0.05, 0) is 55.7 Å². The fourth-order valence-corrected chi connectivity index (χ4v) is 6.97. The summed E-state index contributed by atoms with van der Waals surface area (Å²) in [5.41, 5.74) is 2.25. The standard InChI is InChI=1S/C22H23N3O3S2/c26-22(16-8-10-18(11-9-16)25-13-4-14-30(25,27)28)24-12-3-5-17(15-24)21-23-19-6-1-2-7-20(19)29-21/h1-2,6-11,17H,3-5,12-15H2. The van der Waals surface area contributed by atoms with E-state index in [1.165, 1.54) is 9.01 Å². The van der Waals surface area contributed by atoms with Gasteiger partial charge >= 0.3 is 0 Å². The molecule has 30 heavy (non-hydrogen) atoms. The number of para-hydroxylation sites is 1. The average molecular weight is 442 g/mol. The number of amides is 1. The summed E-state index contributed by atoms with van der Waals surface area (Å²) in [7, 11) is -3.21. The lowest BCUT2D eigenvalue weighted by atomic mass is 9.98. The Kier molecular flexibility index (Phi) is 4.99. The lowest BCUT2D eigenvalue weighted by molar-refractivity contribution is 0.0707. The van der Waals surface area contributed by atoms with Crippen molar-refractivity contribution in [3.05, 3.63) is 59.1 Å². The number of hydrogen-bond donors (Lipinski definition) is 0. The van der Waals surface area contributed by atoms with E-state index in [0.717, 1.165) is 29.9 Å². The zero-order valence-electron chi connectivity index (χ0n) is 16.5. The Labute approximate surface area is 180 Å². The fourth-order valence-electron chi connectivity index (χ4n) is 4.31. The summed E-state index contributed by atoms with van der Waals surface area (Å²) in [6.45, 7) is 1.91. The molecule has 6 nitrogen and oxygen atoms in total. The van der Waals surface area contributed by atoms with Gasteiger partial charge in [-0.25, -0.2) is 13.4 Å². The van der Waals surface area contributed by atoms with Gasteiger partial charge in [0.15, 0.2) is 0 Å². The molecule has 1 unspecified atom stereocenters. The summed E-state index contributed by atoms with van der Waals surface area (Å²) in [4.78, 5) is 19.8. The minimum atomic E-state index is -3.21. The highest BCUT2D eigenvalue weighted by Gasteiger charge is 2.30. The molecule has 1 amide bonds. The lowest BCUT2D eigenvalue weighted by Crippen LogP contribution is -2.39. The molecule has 0 bridgehead atoms. The van der Waals surface area contributed by atoms with E-state index < -0.39 is 10.0 Å². The third-order valence-electron chi connectivity index (χ3n) is 5.87. The summed E-state index contributed by atoms with van der Waals surface area (Å²) >= 11 is 1.72. The molecule has 0 spiro atoms. The van der Waals surface area contributed by atoms with E-state index >= 15 is 0 Å². The maximum atomic E-state index is 13.1. The largest absolute Gasteiger partial charge is 0.338 e. The number of likely N-dealkylation sites (tertiary alicyclic amines) is 1. The maximum absolute atomic E-state index is 13.1. The van der Waals surface area contributed by atoms with Gasteiger partial charge in [-0.2, -0.15) is 0 Å². The van der Waals surface area contributed by atoms with Crippen molar-refractivity contribution in [2.75, 3.05) is 29.7 Å². The van der Waals surface area contributed by atoms with Gasteiger partial charge in [-0.1, -0.05) is 12.1 Å². The number of aromatic nitrogens is 1. The van der Waals surface area contributed by atoms with Gasteiger partial charge in [0.25, 0.3) is 5.91 Å². The molecule has 8 heteroatoms. The number of hydrogen-bond acceptors (Lipinski definition) is 5. The van der Waals surface area contributed by atoms with Crippen LogP contribution in [-0.4, -0.2) is 49.6 Å². The Bertz CT molecular complexity index is 1150. The van der Waals surface area contributed by atoms with Crippen molar-refractivity contribution >= 4 is 43.2 Å². The molecule has 2 fully saturated rings. The van der Waals surface area contributed by atoms with Crippen LogP contribution in [0.15, 0.2) is 48.5 Å². The Morgan fingerprint density at radius 1 is 1.03 bits per heavy atom. The van der Waals surface area contributed by atoms with Crippen molar-refractivity contribution < 1.29 is 13.2 Å². The molecule has 2 saturated heterocycles. The molecule has 0 radical (unpaired) electrons. The van der Waals surface area contributed by atoms with E-state index in [2.05, 4.69) is 6.07 Å². The molecule has 2 aromatic carbocycles. The first-order valence-corrected chi connectivity index (χ1v) is 12.7. The van der Waals surface area contributed by atoms with Crippen molar-refractivity contribution in [2.24, 2.45) is 0 Å². The Morgan fingerprint density at radius 2 is 1.83 bits per heavy atom. The molecule has 0 N–H and O–H groups in total. The number of rotatable bonds is 3. The third-order valence-corrected chi connectivity index (χ3v) is 8.94. The fraction of sp³-hybridized carbons (Fsp3) is 0.364. The molecule has 5 rings (SSSR count). The van der Waals surface area contributed by atoms with E-state index in [-0.39, 0.29) is 17.6 Å². The molecule has 2 aliphatic rings. The molecule has 1 atom stereocenters. The zero-order chi connectivity index (χ0) is 20.7. The van der Waals surface area contributed by atoms with Crippen molar-refractivity contribution in [1.82, 2.24) is 9.88 Å². The van der Waals surface area contributed by atoms with Crippen LogP contribution >= 0.6 is 11.3 Å². The SMILES string of the molecule is O=C(c1ccc(N2CCCS2(=O)=O)cc1)N1CCCC(c2nc3ccccc3s2)C1. The minimum absolute atomic E-state index is 0.00311. The van der Waals surface area contributed by atoms with E-state index in [1.54, 1.807) is 35.6 Å². The number of piperidine rings is 1. The molecular weight excluding hydrogens is 418 g/mol. The van der Waals surface area contributed by atoms with E-state index in [1.807, 2.05) is 23.1 Å². The number of nitrogens with zero attached hydrogens (tertiary/aromatic N) is 3. The Morgan fingerprint density at radius 3 is 2.57 bits per heavy atom. The summed E-state index contributed by atoms with van der Waals surface area (Å²) in [6, 6.07) is 15.1. The van der Waals surface area contributed by atoms with Crippen LogP contribution in [0.3, 0.4) is 0 Å². The second-order valence-corrected chi connectivity index (χ2v) is 11.0. The topological polar surface area (TPSA) is 70.6 Å². The molecule has 3 heterocycles. The number of anilines is 1. The molecular formula is C22H23N3O3S2. The molecule has 0 aliphatic carbocycles. The number of carbonyl (C=O) groups is 1. The van der Waals surface area contributed by atoms with Gasteiger partial charge in [0.1, 0.15) is 0 Å². The summed E-state index contributed by atoms with van der Waals surface area (Å²) in [6.07, 6.45) is 2.63. The third kappa shape index (κ3) is 3.58. The molecule has 2 aliphatic heterocycles. The normalized spacial score (nSPS) is 21.3. The first-order chi connectivity index (χ1) is 14.5. The number of fused-ring (bicyclic) bond motifs is 1. The second-order valence-electron chi connectivity index (χ2n) is 7.90. The van der Waals surface area contributed by atoms with E-state index in [0.29, 0.717) is 30.8 Å². The summed E-state index contributed by atoms with van der Waals surface area (Å²) < 4.78 is 26.8. The van der Waals surface area contributed by atoms with Crippen LogP contribution in [0, 0.1) is 0 Å². The quantitative estimate of drug-likeness (QED) is 0.619. The highest BCUT2D eigenvalue weighted by atomic mass is 32.2. The van der Waals surface area contributed by atoms with Crippen LogP contribution in [0.1, 0.15) is 40.5 Å². The monoisotopic (exact) mass is 441 g/mol. The van der Waals surface area contributed by atoms with Gasteiger partial charge in [0.2, 0.25) is 10.0 Å². The lowest BCUT2D eigenvalue weighted by Gasteiger charge is -2.32. The molecule has 1 aromatic heterocycles. The zero-order valence-corrected chi connectivity index (χ0v) is 18.2. The molecule has 3 aromatic rings. The van der Waals surface area contributed by atoms with Crippen LogP contribution in [0.25, 0.3) is 10.2 Å². The number of benzene rings is 2. The van der Waals surface area contributed by atoms with E-state index in [4.69, 9.17) is 4.98 Å². The van der Waals surface area contributed by atoms with Gasteiger partial charge in [0, 0.05) is 31.1 Å². The average Bonchev–Trinajstić information content (AvgIpc) is 3.36.